The molecule has 2 aromatic carbocycles. The van der Waals surface area contributed by atoms with Crippen molar-refractivity contribution in [2.75, 3.05) is 39.0 Å². The van der Waals surface area contributed by atoms with Crippen LogP contribution in [0.2, 0.25) is 5.02 Å². The second-order valence-electron chi connectivity index (χ2n) is 12.1. The van der Waals surface area contributed by atoms with E-state index in [0.29, 0.717) is 23.6 Å². The average molecular weight is 635 g/mol. The normalized spacial score (nSPS) is 17.9. The van der Waals surface area contributed by atoms with Crippen molar-refractivity contribution in [1.29, 1.82) is 0 Å². The van der Waals surface area contributed by atoms with Crippen molar-refractivity contribution in [2.24, 2.45) is 11.7 Å². The van der Waals surface area contributed by atoms with E-state index in [9.17, 15) is 13.2 Å². The number of likely N-dealkylation sites (tertiary alicyclic amines) is 1. The number of amides is 1. The van der Waals surface area contributed by atoms with Gasteiger partial charge in [-0.25, -0.2) is 8.42 Å². The van der Waals surface area contributed by atoms with Gasteiger partial charge in [0.15, 0.2) is 0 Å². The van der Waals surface area contributed by atoms with E-state index >= 15 is 0 Å². The highest BCUT2D eigenvalue weighted by Gasteiger charge is 2.30. The first kappa shape index (κ1) is 30.8. The van der Waals surface area contributed by atoms with Gasteiger partial charge in [-0.2, -0.15) is 9.40 Å². The van der Waals surface area contributed by atoms with Crippen LogP contribution in [0.25, 0.3) is 11.3 Å². The highest BCUT2D eigenvalue weighted by Crippen LogP contribution is 2.33. The van der Waals surface area contributed by atoms with Crippen LogP contribution < -0.4 is 11.1 Å². The molecule has 0 radical (unpaired) electrons. The fourth-order valence-electron chi connectivity index (χ4n) is 6.52. The number of rotatable bonds is 7. The molecular weight excluding hydrogens is 596 g/mol. The van der Waals surface area contributed by atoms with Crippen LogP contribution >= 0.6 is 11.6 Å². The van der Waals surface area contributed by atoms with Crippen molar-refractivity contribution in [3.63, 3.8) is 0 Å². The minimum Gasteiger partial charge on any atom is -0.369 e. The summed E-state index contributed by atoms with van der Waals surface area (Å²) in [5.74, 6) is 6.34. The minimum atomic E-state index is -3.35. The average Bonchev–Trinajstić information content (AvgIpc) is 3.38. The van der Waals surface area contributed by atoms with Crippen molar-refractivity contribution >= 4 is 27.5 Å². The van der Waals surface area contributed by atoms with Gasteiger partial charge in [0.2, 0.25) is 15.9 Å². The molecule has 3 N–H and O–H groups in total. The summed E-state index contributed by atoms with van der Waals surface area (Å²) in [6, 6.07) is 12.1. The number of sulfonamides is 1. The van der Waals surface area contributed by atoms with Crippen molar-refractivity contribution in [2.45, 2.75) is 51.7 Å². The fourth-order valence-corrected chi connectivity index (χ4v) is 7.47. The van der Waals surface area contributed by atoms with Crippen molar-refractivity contribution in [3.8, 4) is 23.1 Å². The first-order chi connectivity index (χ1) is 21.2. The quantitative estimate of drug-likeness (QED) is 0.386. The smallest absolute Gasteiger partial charge is 0.220 e. The Kier molecular flexibility index (Phi) is 9.13. The third-order valence-corrected chi connectivity index (χ3v) is 10.7. The molecule has 0 aliphatic carbocycles. The predicted octanol–water partition coefficient (Wildman–Crippen LogP) is 3.15. The molecule has 0 bridgehead atoms. The number of aryl methyl sites for hydroxylation is 1. The lowest BCUT2D eigenvalue weighted by molar-refractivity contribution is -0.123. The molecule has 3 aromatic rings. The molecule has 3 aliphatic rings. The van der Waals surface area contributed by atoms with Crippen LogP contribution in [0, 0.1) is 17.8 Å². The number of aromatic nitrogens is 2. The van der Waals surface area contributed by atoms with Gasteiger partial charge < -0.3 is 16.0 Å². The van der Waals surface area contributed by atoms with E-state index in [1.807, 2.05) is 18.2 Å². The maximum atomic E-state index is 12.5. The number of carbonyl (C=O) groups is 1. The van der Waals surface area contributed by atoms with E-state index in [2.05, 4.69) is 44.9 Å². The van der Waals surface area contributed by atoms with Gasteiger partial charge in [-0.1, -0.05) is 35.6 Å². The van der Waals surface area contributed by atoms with E-state index in [0.717, 1.165) is 93.0 Å². The second-order valence-corrected chi connectivity index (χ2v) is 14.5. The van der Waals surface area contributed by atoms with Crippen LogP contribution in [-0.4, -0.2) is 72.3 Å². The number of nitrogens with one attached hydrogen (secondary N) is 1. The highest BCUT2D eigenvalue weighted by atomic mass is 35.5. The molecule has 0 unspecified atom stereocenters. The third-order valence-electron chi connectivity index (χ3n) is 9.08. The Hall–Kier alpha value is -3.20. The van der Waals surface area contributed by atoms with Gasteiger partial charge in [-0.15, -0.1) is 0 Å². The topological polar surface area (TPSA) is 114 Å². The van der Waals surface area contributed by atoms with E-state index in [1.165, 1.54) is 21.7 Å². The number of carbonyl (C=O) groups excluding carboxylic acids is 1. The third kappa shape index (κ3) is 6.87. The fraction of sp³-hybridized carbons (Fsp3) is 0.455. The molecule has 0 atom stereocenters. The molecule has 232 valence electrons. The Morgan fingerprint density at radius 1 is 1.07 bits per heavy atom. The molecule has 0 spiro atoms. The molecule has 1 amide bonds. The highest BCUT2D eigenvalue weighted by molar-refractivity contribution is 7.88. The number of benzene rings is 2. The van der Waals surface area contributed by atoms with Crippen LogP contribution in [0.5, 0.6) is 0 Å². The van der Waals surface area contributed by atoms with Gasteiger partial charge in [0.25, 0.3) is 0 Å². The number of primary amides is 1. The summed E-state index contributed by atoms with van der Waals surface area (Å²) in [5.41, 5.74) is 13.5. The Morgan fingerprint density at radius 3 is 2.66 bits per heavy atom. The maximum absolute atomic E-state index is 12.5. The van der Waals surface area contributed by atoms with Crippen LogP contribution in [0.4, 0.5) is 0 Å². The first-order valence-corrected chi connectivity index (χ1v) is 17.6. The lowest BCUT2D eigenvalue weighted by atomic mass is 9.96. The molecule has 44 heavy (non-hydrogen) atoms. The summed E-state index contributed by atoms with van der Waals surface area (Å²) in [7, 11) is -3.35. The van der Waals surface area contributed by atoms with Gasteiger partial charge in [0.05, 0.1) is 17.0 Å². The van der Waals surface area contributed by atoms with Crippen LogP contribution in [-0.2, 0) is 47.3 Å². The van der Waals surface area contributed by atoms with Gasteiger partial charge >= 0.3 is 0 Å². The molecular formula is C33H39ClN6O3S. The number of hydrogen-bond donors (Lipinski definition) is 2. The predicted molar refractivity (Wildman–Crippen MR) is 172 cm³/mol. The van der Waals surface area contributed by atoms with E-state index < -0.39 is 10.0 Å². The molecule has 11 heteroatoms. The Labute approximate surface area is 264 Å². The van der Waals surface area contributed by atoms with Gasteiger partial charge in [0, 0.05) is 66.5 Å². The van der Waals surface area contributed by atoms with Crippen LogP contribution in [0.3, 0.4) is 0 Å². The number of nitrogens with zero attached hydrogens (tertiary/aromatic N) is 4. The van der Waals surface area contributed by atoms with Gasteiger partial charge in [-0.3, -0.25) is 9.48 Å². The lowest BCUT2D eigenvalue weighted by Gasteiger charge is -2.30. The SMILES string of the molecule is CS(=O)(=O)N1CCc2c(c(-c3ccc(Cl)c(C#Cc4ccc5c(c4)CNCC5)c3)nn2CCCN2CCC(C(N)=O)CC2)C1. The Balaban J connectivity index is 1.25. The van der Waals surface area contributed by atoms with Crippen molar-refractivity contribution in [1.82, 2.24) is 24.3 Å². The summed E-state index contributed by atoms with van der Waals surface area (Å²) in [6.45, 7) is 5.95. The van der Waals surface area contributed by atoms with E-state index in [4.69, 9.17) is 22.4 Å². The Morgan fingerprint density at radius 2 is 1.89 bits per heavy atom. The molecule has 1 aromatic heterocycles. The summed E-state index contributed by atoms with van der Waals surface area (Å²) in [5, 5.41) is 9.03. The van der Waals surface area contributed by atoms with Gasteiger partial charge in [0.1, 0.15) is 0 Å². The van der Waals surface area contributed by atoms with Crippen LogP contribution in [0.15, 0.2) is 36.4 Å². The molecule has 1 saturated heterocycles. The van der Waals surface area contributed by atoms with E-state index in [-0.39, 0.29) is 18.4 Å². The Bertz CT molecular complexity index is 1730. The van der Waals surface area contributed by atoms with Crippen molar-refractivity contribution in [3.05, 3.63) is 74.9 Å². The zero-order valence-electron chi connectivity index (χ0n) is 25.1. The summed E-state index contributed by atoms with van der Waals surface area (Å²) in [6.07, 6.45) is 5.41. The molecule has 6 rings (SSSR count). The molecule has 1 fully saturated rings. The largest absolute Gasteiger partial charge is 0.369 e. The number of hydrogen-bond acceptors (Lipinski definition) is 6. The maximum Gasteiger partial charge on any atom is 0.220 e. The number of piperidine rings is 1. The van der Waals surface area contributed by atoms with Crippen molar-refractivity contribution < 1.29 is 13.2 Å². The first-order valence-electron chi connectivity index (χ1n) is 15.4. The summed E-state index contributed by atoms with van der Waals surface area (Å²) >= 11 is 6.61. The molecule has 3 aliphatic heterocycles. The molecule has 0 saturated carbocycles. The number of nitrogens with two attached hydrogens (primary N) is 1. The molecule has 9 nitrogen and oxygen atoms in total. The number of fused-ring (bicyclic) bond motifs is 2. The lowest BCUT2D eigenvalue weighted by Crippen LogP contribution is -2.39. The summed E-state index contributed by atoms with van der Waals surface area (Å²) in [4.78, 5) is 13.9. The number of halogens is 1. The molecule has 4 heterocycles. The van der Waals surface area contributed by atoms with E-state index in [1.54, 1.807) is 0 Å². The minimum absolute atomic E-state index is 0.0195. The van der Waals surface area contributed by atoms with Gasteiger partial charge in [-0.05, 0) is 87.3 Å². The second kappa shape index (κ2) is 13.0. The monoisotopic (exact) mass is 634 g/mol. The standard InChI is InChI=1S/C33H39ClN6O3S/c1-44(42,43)39-18-12-31-29(22-39)32(37-40(31)15-2-14-38-16-10-25(11-17-38)33(35)41)27-7-8-30(34)26(20-27)6-4-23-3-5-24-9-13-36-21-28(24)19-23/h3,5,7-8,19-20,25,36H,2,9-18,21-22H2,1H3,(H2,35,41). The summed E-state index contributed by atoms with van der Waals surface area (Å²) < 4.78 is 28.6. The van der Waals surface area contributed by atoms with Crippen LogP contribution in [0.1, 0.15) is 52.8 Å². The zero-order chi connectivity index (χ0) is 30.8. The zero-order valence-corrected chi connectivity index (χ0v) is 26.7.